The largest absolute Gasteiger partial charge is 0.391 e. The Labute approximate surface area is 106 Å². The second-order valence-electron chi connectivity index (χ2n) is 4.87. The number of nitrogens with zero attached hydrogens (tertiary/aromatic N) is 1. The molecule has 0 aromatic carbocycles. The topological polar surface area (TPSA) is 73.4 Å². The second kappa shape index (κ2) is 4.57. The van der Waals surface area contributed by atoms with Crippen molar-refractivity contribution in [2.45, 2.75) is 33.3 Å². The van der Waals surface area contributed by atoms with Gasteiger partial charge >= 0.3 is 0 Å². The van der Waals surface area contributed by atoms with Crippen LogP contribution in [0, 0.1) is 13.8 Å². The number of H-pyrrole nitrogens is 1. The van der Waals surface area contributed by atoms with Gasteiger partial charge in [0.05, 0.1) is 6.10 Å². The van der Waals surface area contributed by atoms with Crippen molar-refractivity contribution in [3.05, 3.63) is 22.5 Å². The molecule has 0 spiro atoms. The van der Waals surface area contributed by atoms with Crippen molar-refractivity contribution in [2.75, 3.05) is 13.1 Å². The number of hydrogen-bond donors (Lipinski definition) is 2. The molecule has 1 amide bonds. The third-order valence-corrected chi connectivity index (χ3v) is 3.45. The van der Waals surface area contributed by atoms with Crippen LogP contribution in [-0.2, 0) is 0 Å². The van der Waals surface area contributed by atoms with Gasteiger partial charge in [-0.3, -0.25) is 9.59 Å². The number of aromatic nitrogens is 1. The number of rotatable bonds is 2. The predicted molar refractivity (Wildman–Crippen MR) is 66.8 cm³/mol. The van der Waals surface area contributed by atoms with Crippen LogP contribution in [0.1, 0.15) is 45.4 Å². The van der Waals surface area contributed by atoms with Crippen molar-refractivity contribution in [2.24, 2.45) is 0 Å². The zero-order valence-corrected chi connectivity index (χ0v) is 10.9. The van der Waals surface area contributed by atoms with Crippen LogP contribution in [0.2, 0.25) is 0 Å². The molecular weight excluding hydrogens is 232 g/mol. The highest BCUT2D eigenvalue weighted by molar-refractivity contribution is 6.02. The van der Waals surface area contributed by atoms with Gasteiger partial charge in [-0.15, -0.1) is 0 Å². The molecule has 0 bridgehead atoms. The fraction of sp³-hybridized carbons (Fsp3) is 0.538. The molecule has 1 aromatic rings. The predicted octanol–water partition coefficient (Wildman–Crippen LogP) is 1.04. The number of nitrogens with one attached hydrogen (secondary N) is 1. The summed E-state index contributed by atoms with van der Waals surface area (Å²) in [4.78, 5) is 28.4. The maximum Gasteiger partial charge on any atom is 0.270 e. The molecule has 2 rings (SSSR count). The fourth-order valence-corrected chi connectivity index (χ4v) is 2.58. The van der Waals surface area contributed by atoms with E-state index in [1.54, 1.807) is 18.7 Å². The van der Waals surface area contributed by atoms with Gasteiger partial charge in [0.15, 0.2) is 5.78 Å². The maximum atomic E-state index is 12.3. The molecule has 0 aliphatic carbocycles. The van der Waals surface area contributed by atoms with Gasteiger partial charge in [0.1, 0.15) is 5.69 Å². The highest BCUT2D eigenvalue weighted by atomic mass is 16.3. The van der Waals surface area contributed by atoms with Gasteiger partial charge < -0.3 is 15.0 Å². The number of amides is 1. The number of aliphatic hydroxyl groups is 1. The number of aliphatic hydroxyl groups excluding tert-OH is 1. The summed E-state index contributed by atoms with van der Waals surface area (Å²) in [7, 11) is 0. The first-order valence-corrected chi connectivity index (χ1v) is 6.09. The van der Waals surface area contributed by atoms with Gasteiger partial charge in [0, 0.05) is 24.3 Å². The minimum atomic E-state index is -0.433. The molecule has 18 heavy (non-hydrogen) atoms. The summed E-state index contributed by atoms with van der Waals surface area (Å²) in [6, 6.07) is 0. The summed E-state index contributed by atoms with van der Waals surface area (Å²) in [6.45, 7) is 6.00. The van der Waals surface area contributed by atoms with Crippen LogP contribution in [-0.4, -0.2) is 45.9 Å². The van der Waals surface area contributed by atoms with E-state index in [1.165, 1.54) is 6.92 Å². The van der Waals surface area contributed by atoms with Crippen molar-refractivity contribution in [1.82, 2.24) is 9.88 Å². The molecular formula is C13H18N2O3. The van der Waals surface area contributed by atoms with Crippen molar-refractivity contribution in [3.63, 3.8) is 0 Å². The first-order valence-electron chi connectivity index (χ1n) is 6.09. The van der Waals surface area contributed by atoms with Gasteiger partial charge in [0.2, 0.25) is 0 Å². The van der Waals surface area contributed by atoms with E-state index in [1.807, 2.05) is 0 Å². The lowest BCUT2D eigenvalue weighted by Gasteiger charge is -2.15. The number of β-amino-alcohol motifs (C(OH)–C–C–N with tert-alkyl or cyclic N) is 1. The molecule has 5 nitrogen and oxygen atoms in total. The first-order chi connectivity index (χ1) is 8.41. The maximum absolute atomic E-state index is 12.3. The number of likely N-dealkylation sites (tertiary alicyclic amines) is 1. The molecule has 1 fully saturated rings. The summed E-state index contributed by atoms with van der Waals surface area (Å²) in [6.07, 6.45) is 0.182. The van der Waals surface area contributed by atoms with Crippen LogP contribution < -0.4 is 0 Å². The lowest BCUT2D eigenvalue weighted by Crippen LogP contribution is -2.30. The highest BCUT2D eigenvalue weighted by Gasteiger charge is 2.28. The lowest BCUT2D eigenvalue weighted by molar-refractivity contribution is 0.0759. The van der Waals surface area contributed by atoms with E-state index >= 15 is 0 Å². The Morgan fingerprint density at radius 1 is 1.39 bits per heavy atom. The third-order valence-electron chi connectivity index (χ3n) is 3.45. The monoisotopic (exact) mass is 250 g/mol. The van der Waals surface area contributed by atoms with Crippen molar-refractivity contribution < 1.29 is 14.7 Å². The molecule has 2 N–H and O–H groups in total. The van der Waals surface area contributed by atoms with E-state index in [0.717, 1.165) is 5.69 Å². The Morgan fingerprint density at radius 2 is 2.06 bits per heavy atom. The third kappa shape index (κ3) is 2.06. The first kappa shape index (κ1) is 12.8. The standard InChI is InChI=1S/C13H18N2O3/c1-7-11(9(3)16)8(2)14-12(7)13(18)15-5-4-10(17)6-15/h10,14,17H,4-6H2,1-3H3/t10-/m0/s1. The van der Waals surface area contributed by atoms with Gasteiger partial charge in [-0.25, -0.2) is 0 Å². The average molecular weight is 250 g/mol. The Kier molecular flexibility index (Phi) is 3.26. The summed E-state index contributed by atoms with van der Waals surface area (Å²) in [5.74, 6) is -0.179. The Morgan fingerprint density at radius 3 is 2.50 bits per heavy atom. The van der Waals surface area contributed by atoms with E-state index < -0.39 is 6.10 Å². The zero-order valence-electron chi connectivity index (χ0n) is 10.9. The minimum Gasteiger partial charge on any atom is -0.391 e. The van der Waals surface area contributed by atoms with Gasteiger partial charge in [-0.2, -0.15) is 0 Å². The van der Waals surface area contributed by atoms with Crippen LogP contribution in [0.25, 0.3) is 0 Å². The molecule has 0 unspecified atom stereocenters. The van der Waals surface area contributed by atoms with Crippen LogP contribution >= 0.6 is 0 Å². The summed E-state index contributed by atoms with van der Waals surface area (Å²) >= 11 is 0. The molecule has 0 saturated carbocycles. The van der Waals surface area contributed by atoms with Crippen molar-refractivity contribution in [1.29, 1.82) is 0 Å². The van der Waals surface area contributed by atoms with Crippen LogP contribution in [0.5, 0.6) is 0 Å². The smallest absolute Gasteiger partial charge is 0.270 e. The number of aryl methyl sites for hydroxylation is 1. The molecule has 1 saturated heterocycles. The molecule has 1 aliphatic rings. The van der Waals surface area contributed by atoms with E-state index in [0.29, 0.717) is 36.3 Å². The number of hydrogen-bond acceptors (Lipinski definition) is 3. The Balaban J connectivity index is 2.32. The SMILES string of the molecule is CC(=O)c1c(C)[nH]c(C(=O)N2CC[C@H](O)C2)c1C. The van der Waals surface area contributed by atoms with E-state index in [-0.39, 0.29) is 11.7 Å². The number of ketones is 1. The molecule has 2 heterocycles. The summed E-state index contributed by atoms with van der Waals surface area (Å²) < 4.78 is 0. The quantitative estimate of drug-likeness (QED) is 0.770. The van der Waals surface area contributed by atoms with E-state index in [4.69, 9.17) is 0 Å². The normalized spacial score (nSPS) is 19.3. The Hall–Kier alpha value is -1.62. The number of Topliss-reactive ketones (excluding diaryl/α,β-unsaturated/α-hetero) is 1. The van der Waals surface area contributed by atoms with Gasteiger partial charge in [-0.05, 0) is 32.8 Å². The molecule has 5 heteroatoms. The molecule has 1 atom stereocenters. The van der Waals surface area contributed by atoms with Gasteiger partial charge in [-0.1, -0.05) is 0 Å². The highest BCUT2D eigenvalue weighted by Crippen LogP contribution is 2.21. The Bertz CT molecular complexity index is 505. The number of carbonyl (C=O) groups is 2. The fourth-order valence-electron chi connectivity index (χ4n) is 2.58. The van der Waals surface area contributed by atoms with Gasteiger partial charge in [0.25, 0.3) is 5.91 Å². The summed E-state index contributed by atoms with van der Waals surface area (Å²) in [5, 5.41) is 9.45. The molecule has 0 radical (unpaired) electrons. The second-order valence-corrected chi connectivity index (χ2v) is 4.87. The molecule has 98 valence electrons. The lowest BCUT2D eigenvalue weighted by atomic mass is 10.1. The average Bonchev–Trinajstić information content (AvgIpc) is 2.82. The number of carbonyl (C=O) groups excluding carboxylic acids is 2. The van der Waals surface area contributed by atoms with Crippen LogP contribution in [0.3, 0.4) is 0 Å². The van der Waals surface area contributed by atoms with Crippen molar-refractivity contribution >= 4 is 11.7 Å². The van der Waals surface area contributed by atoms with Crippen LogP contribution in [0.4, 0.5) is 0 Å². The molecule has 1 aromatic heterocycles. The molecule has 1 aliphatic heterocycles. The summed E-state index contributed by atoms with van der Waals surface area (Å²) in [5.41, 5.74) is 2.49. The minimum absolute atomic E-state index is 0.0400. The van der Waals surface area contributed by atoms with E-state index in [2.05, 4.69) is 4.98 Å². The van der Waals surface area contributed by atoms with Crippen LogP contribution in [0.15, 0.2) is 0 Å². The van der Waals surface area contributed by atoms with E-state index in [9.17, 15) is 14.7 Å². The van der Waals surface area contributed by atoms with Crippen molar-refractivity contribution in [3.8, 4) is 0 Å². The zero-order chi connectivity index (χ0) is 13.4. The number of aromatic amines is 1.